The van der Waals surface area contributed by atoms with E-state index in [4.69, 9.17) is 4.74 Å². The van der Waals surface area contributed by atoms with Crippen molar-refractivity contribution in [3.63, 3.8) is 0 Å². The van der Waals surface area contributed by atoms with E-state index in [0.29, 0.717) is 11.4 Å². The quantitative estimate of drug-likeness (QED) is 0.325. The van der Waals surface area contributed by atoms with Crippen LogP contribution in [0.3, 0.4) is 0 Å². The number of hydrogen-bond donors (Lipinski definition) is 1. The second-order valence-electron chi connectivity index (χ2n) is 9.48. The van der Waals surface area contributed by atoms with Crippen molar-refractivity contribution >= 4 is 22.5 Å². The third kappa shape index (κ3) is 5.19. The molecule has 4 nitrogen and oxygen atoms in total. The zero-order chi connectivity index (χ0) is 25.4. The fourth-order valence-corrected chi connectivity index (χ4v) is 3.93. The molecular weight excluding hydrogens is 453 g/mol. The summed E-state index contributed by atoms with van der Waals surface area (Å²) < 4.78 is 44.6. The van der Waals surface area contributed by atoms with Crippen LogP contribution in [0.15, 0.2) is 72.8 Å². The molecule has 4 rings (SSSR count). The molecule has 0 spiro atoms. The molecule has 3 aromatic carbocycles. The topological polar surface area (TPSA) is 45.3 Å². The van der Waals surface area contributed by atoms with Gasteiger partial charge in [-0.1, -0.05) is 39.0 Å². The Kier molecular flexibility index (Phi) is 6.36. The second kappa shape index (κ2) is 9.13. The van der Waals surface area contributed by atoms with Crippen molar-refractivity contribution in [1.82, 2.24) is 4.98 Å². The number of H-pyrrole nitrogens is 1. The molecule has 1 heterocycles. The van der Waals surface area contributed by atoms with Crippen LogP contribution in [0.2, 0.25) is 0 Å². The number of aromatic nitrogens is 1. The second-order valence-corrected chi connectivity index (χ2v) is 9.48. The van der Waals surface area contributed by atoms with Gasteiger partial charge in [0, 0.05) is 38.8 Å². The molecule has 0 saturated carbocycles. The molecule has 7 heteroatoms. The molecule has 0 unspecified atom stereocenters. The van der Waals surface area contributed by atoms with Gasteiger partial charge in [0.2, 0.25) is 0 Å². The molecule has 0 radical (unpaired) electrons. The number of benzene rings is 3. The molecule has 0 bridgehead atoms. The summed E-state index contributed by atoms with van der Waals surface area (Å²) in [6.45, 7) is 6.52. The number of nitrogens with zero attached hydrogens (tertiary/aromatic N) is 1. The number of alkyl halides is 3. The van der Waals surface area contributed by atoms with E-state index < -0.39 is 17.6 Å². The predicted molar refractivity (Wildman–Crippen MR) is 132 cm³/mol. The van der Waals surface area contributed by atoms with Crippen molar-refractivity contribution < 1.29 is 22.7 Å². The van der Waals surface area contributed by atoms with Gasteiger partial charge in [-0.05, 0) is 54.6 Å². The highest BCUT2D eigenvalue weighted by atomic mass is 19.4. The average Bonchev–Trinajstić information content (AvgIpc) is 3.26. The van der Waals surface area contributed by atoms with Crippen LogP contribution in [-0.2, 0) is 18.1 Å². The molecule has 0 saturated heterocycles. The molecule has 4 aromatic rings. The summed E-state index contributed by atoms with van der Waals surface area (Å²) in [5, 5.41) is 0.942. The van der Waals surface area contributed by atoms with E-state index in [2.05, 4.69) is 31.8 Å². The molecule has 1 N–H and O–H groups in total. The average molecular weight is 481 g/mol. The lowest BCUT2D eigenvalue weighted by molar-refractivity contribution is -0.137. The minimum atomic E-state index is -4.47. The molecule has 182 valence electrons. The Morgan fingerprint density at radius 2 is 1.63 bits per heavy atom. The van der Waals surface area contributed by atoms with Gasteiger partial charge in [-0.25, -0.2) is 0 Å². The zero-order valence-electron chi connectivity index (χ0n) is 20.0. The smallest absolute Gasteiger partial charge is 0.416 e. The number of carbonyl (C=O) groups is 1. The van der Waals surface area contributed by atoms with Crippen LogP contribution in [0.5, 0.6) is 5.75 Å². The highest BCUT2D eigenvalue weighted by Gasteiger charge is 2.30. The Morgan fingerprint density at radius 1 is 0.943 bits per heavy atom. The number of para-hydroxylation sites is 1. The number of nitrogens with one attached hydrogen (secondary N) is 1. The van der Waals surface area contributed by atoms with Crippen molar-refractivity contribution in [1.29, 1.82) is 0 Å². The van der Waals surface area contributed by atoms with Crippen LogP contribution >= 0.6 is 0 Å². The number of methoxy groups -OCH3 is 1. The summed E-state index contributed by atoms with van der Waals surface area (Å²) in [7, 11) is 1.56. The van der Waals surface area contributed by atoms with Gasteiger partial charge >= 0.3 is 6.18 Å². The summed E-state index contributed by atoms with van der Waals surface area (Å²) in [5.74, 6) is 0.214. The first-order chi connectivity index (χ1) is 16.5. The number of rotatable bonds is 5. The van der Waals surface area contributed by atoms with Gasteiger partial charge in [-0.2, -0.15) is 13.2 Å². The zero-order valence-corrected chi connectivity index (χ0v) is 20.0. The number of hydrogen-bond acceptors (Lipinski definition) is 2. The Morgan fingerprint density at radius 3 is 2.26 bits per heavy atom. The molecule has 0 fully saturated rings. The molecule has 35 heavy (non-hydrogen) atoms. The monoisotopic (exact) mass is 480 g/mol. The standard InChI is InChI=1S/C28H27F3N2O2/c1-27(2,3)25-16-20-15-22(13-14-23(20)32-25)33(17-19-7-5-6-8-24(19)35-4)26(34)18-9-11-21(12-10-18)28(29,30)31/h5-16,32H,17H2,1-4H3. The van der Waals surface area contributed by atoms with E-state index in [1.807, 2.05) is 36.4 Å². The third-order valence-corrected chi connectivity index (χ3v) is 5.95. The van der Waals surface area contributed by atoms with E-state index in [-0.39, 0.29) is 17.5 Å². The molecule has 1 aromatic heterocycles. The lowest BCUT2D eigenvalue weighted by atomic mass is 9.92. The molecule has 0 aliphatic heterocycles. The maximum atomic E-state index is 13.6. The van der Waals surface area contributed by atoms with E-state index in [9.17, 15) is 18.0 Å². The lowest BCUT2D eigenvalue weighted by Crippen LogP contribution is -2.30. The van der Waals surface area contributed by atoms with E-state index in [1.54, 1.807) is 18.1 Å². The van der Waals surface area contributed by atoms with Crippen LogP contribution in [0.4, 0.5) is 18.9 Å². The van der Waals surface area contributed by atoms with Crippen LogP contribution in [0.1, 0.15) is 48.0 Å². The summed E-state index contributed by atoms with van der Waals surface area (Å²) in [6, 6.07) is 19.4. The molecule has 1 amide bonds. The summed E-state index contributed by atoms with van der Waals surface area (Å²) >= 11 is 0. The summed E-state index contributed by atoms with van der Waals surface area (Å²) in [4.78, 5) is 18.6. The van der Waals surface area contributed by atoms with Gasteiger partial charge < -0.3 is 14.6 Å². The molecular formula is C28H27F3N2O2. The number of carbonyl (C=O) groups excluding carboxylic acids is 1. The van der Waals surface area contributed by atoms with Crippen molar-refractivity contribution in [2.75, 3.05) is 12.0 Å². The van der Waals surface area contributed by atoms with Crippen LogP contribution in [0, 0.1) is 0 Å². The van der Waals surface area contributed by atoms with E-state index >= 15 is 0 Å². The van der Waals surface area contributed by atoms with Gasteiger partial charge in [0.25, 0.3) is 5.91 Å². The normalized spacial score (nSPS) is 12.1. The Balaban J connectivity index is 1.77. The number of halogens is 3. The SMILES string of the molecule is COc1ccccc1CN(C(=O)c1ccc(C(F)(F)F)cc1)c1ccc2[nH]c(C(C)(C)C)cc2c1. The van der Waals surface area contributed by atoms with Gasteiger partial charge in [0.15, 0.2) is 0 Å². The van der Waals surface area contributed by atoms with Crippen molar-refractivity contribution in [2.24, 2.45) is 0 Å². The van der Waals surface area contributed by atoms with E-state index in [1.165, 1.54) is 12.1 Å². The number of amides is 1. The number of aromatic amines is 1. The minimum Gasteiger partial charge on any atom is -0.496 e. The fourth-order valence-electron chi connectivity index (χ4n) is 3.93. The Hall–Kier alpha value is -3.74. The van der Waals surface area contributed by atoms with Crippen molar-refractivity contribution in [3.8, 4) is 5.75 Å². The van der Waals surface area contributed by atoms with Gasteiger partial charge in [-0.15, -0.1) is 0 Å². The predicted octanol–water partition coefficient (Wildman–Crippen LogP) is 7.34. The number of ether oxygens (including phenoxy) is 1. The first kappa shape index (κ1) is 24.4. The third-order valence-electron chi connectivity index (χ3n) is 5.95. The van der Waals surface area contributed by atoms with E-state index in [0.717, 1.165) is 34.3 Å². The maximum Gasteiger partial charge on any atom is 0.416 e. The van der Waals surface area contributed by atoms with Crippen molar-refractivity contribution in [3.05, 3.63) is 95.2 Å². The van der Waals surface area contributed by atoms with Crippen LogP contribution in [0.25, 0.3) is 10.9 Å². The molecule has 0 atom stereocenters. The summed E-state index contributed by atoms with van der Waals surface area (Å²) in [5.41, 5.74) is 2.71. The fraction of sp³-hybridized carbons (Fsp3) is 0.250. The van der Waals surface area contributed by atoms with Gasteiger partial charge in [0.1, 0.15) is 5.75 Å². The maximum absolute atomic E-state index is 13.6. The summed E-state index contributed by atoms with van der Waals surface area (Å²) in [6.07, 6.45) is -4.47. The lowest BCUT2D eigenvalue weighted by Gasteiger charge is -2.24. The Bertz CT molecular complexity index is 1350. The first-order valence-corrected chi connectivity index (χ1v) is 11.2. The van der Waals surface area contributed by atoms with Crippen LogP contribution < -0.4 is 9.64 Å². The number of anilines is 1. The number of fused-ring (bicyclic) bond motifs is 1. The first-order valence-electron chi connectivity index (χ1n) is 11.2. The van der Waals surface area contributed by atoms with Gasteiger partial charge in [-0.3, -0.25) is 4.79 Å². The minimum absolute atomic E-state index is 0.0771. The van der Waals surface area contributed by atoms with Crippen LogP contribution in [-0.4, -0.2) is 18.0 Å². The molecule has 0 aliphatic rings. The Labute approximate surface area is 202 Å². The highest BCUT2D eigenvalue weighted by molar-refractivity contribution is 6.07. The molecule has 0 aliphatic carbocycles. The highest BCUT2D eigenvalue weighted by Crippen LogP contribution is 2.32. The largest absolute Gasteiger partial charge is 0.496 e. The van der Waals surface area contributed by atoms with Crippen molar-refractivity contribution in [2.45, 2.75) is 38.9 Å². The van der Waals surface area contributed by atoms with Gasteiger partial charge in [0.05, 0.1) is 19.2 Å².